The van der Waals surface area contributed by atoms with E-state index in [1.54, 1.807) is 0 Å². The molecule has 5 N–H and O–H groups in total. The molecule has 122 valence electrons. The van der Waals surface area contributed by atoms with Crippen molar-refractivity contribution in [1.29, 1.82) is 0 Å². The first-order chi connectivity index (χ1) is 9.04. The average molecular weight is 338 g/mol. The summed E-state index contributed by atoms with van der Waals surface area (Å²) in [7, 11) is 0. The van der Waals surface area contributed by atoms with Gasteiger partial charge in [0.2, 0.25) is 5.95 Å². The zero-order valence-electron chi connectivity index (χ0n) is 12.4. The third-order valence-corrected chi connectivity index (χ3v) is 3.22. The van der Waals surface area contributed by atoms with E-state index in [0.29, 0.717) is 31.1 Å². The molecule has 21 heavy (non-hydrogen) atoms. The molecule has 0 amide bonds. The van der Waals surface area contributed by atoms with Gasteiger partial charge in [0.15, 0.2) is 0 Å². The summed E-state index contributed by atoms with van der Waals surface area (Å²) in [6.07, 6.45) is 2.20. The van der Waals surface area contributed by atoms with Crippen LogP contribution < -0.4 is 16.8 Å². The molecule has 0 saturated heterocycles. The highest BCUT2D eigenvalue weighted by molar-refractivity contribution is 5.85. The maximum absolute atomic E-state index is 5.80. The van der Waals surface area contributed by atoms with Crippen LogP contribution in [-0.4, -0.2) is 35.3 Å². The monoisotopic (exact) mass is 337 g/mol. The zero-order valence-corrected chi connectivity index (χ0v) is 14.0. The van der Waals surface area contributed by atoms with Crippen molar-refractivity contribution in [3.63, 3.8) is 0 Å². The van der Waals surface area contributed by atoms with Gasteiger partial charge in [-0.05, 0) is 26.7 Å². The third-order valence-electron chi connectivity index (χ3n) is 3.22. The van der Waals surface area contributed by atoms with Crippen LogP contribution in [0.15, 0.2) is 6.07 Å². The predicted octanol–water partition coefficient (Wildman–Crippen LogP) is 1.94. The Balaban J connectivity index is 0.00000200. The number of hydrogen-bond acceptors (Lipinski definition) is 6. The summed E-state index contributed by atoms with van der Waals surface area (Å²) in [5.74, 6) is 1.49. The summed E-state index contributed by atoms with van der Waals surface area (Å²) in [6, 6.07) is 2.26. The van der Waals surface area contributed by atoms with Gasteiger partial charge < -0.3 is 21.5 Å². The lowest BCUT2D eigenvalue weighted by molar-refractivity contribution is 0.0870. The largest absolute Gasteiger partial charge is 0.377 e. The Bertz CT molecular complexity index is 427. The molecule has 1 aliphatic carbocycles. The number of rotatable bonds is 6. The highest BCUT2D eigenvalue weighted by Gasteiger charge is 2.28. The smallest absolute Gasteiger partial charge is 0.222 e. The molecule has 0 radical (unpaired) electrons. The number of ether oxygens (including phenoxy) is 1. The van der Waals surface area contributed by atoms with Gasteiger partial charge in [-0.25, -0.2) is 4.98 Å². The number of nitrogens with two attached hydrogens (primary N) is 2. The summed E-state index contributed by atoms with van der Waals surface area (Å²) in [6.45, 7) is 5.38. The molecule has 1 aromatic heterocycles. The van der Waals surface area contributed by atoms with Gasteiger partial charge in [-0.1, -0.05) is 0 Å². The lowest BCUT2D eigenvalue weighted by Gasteiger charge is -2.32. The SMILES string of the molecule is CC(C)OCCNc1cc(C2CC(N)C2)nc(N)n1.Cl.Cl. The molecular formula is C13H25Cl2N5O. The van der Waals surface area contributed by atoms with Crippen LogP contribution in [-0.2, 0) is 4.74 Å². The Morgan fingerprint density at radius 3 is 2.57 bits per heavy atom. The van der Waals surface area contributed by atoms with Crippen LogP contribution in [0.3, 0.4) is 0 Å². The fourth-order valence-corrected chi connectivity index (χ4v) is 2.16. The van der Waals surface area contributed by atoms with Gasteiger partial charge in [0.25, 0.3) is 0 Å². The lowest BCUT2D eigenvalue weighted by atomic mass is 9.78. The number of anilines is 2. The van der Waals surface area contributed by atoms with Crippen LogP contribution in [0, 0.1) is 0 Å². The molecular weight excluding hydrogens is 313 g/mol. The first kappa shape index (κ1) is 20.2. The van der Waals surface area contributed by atoms with Crippen molar-refractivity contribution in [3.05, 3.63) is 11.8 Å². The standard InChI is InChI=1S/C13H23N5O.2ClH/c1-8(2)19-4-3-16-12-7-11(17-13(15)18-12)9-5-10(14)6-9;;/h7-10H,3-6,14H2,1-2H3,(H3,15,16,17,18);2*1H. The van der Waals surface area contributed by atoms with Crippen molar-refractivity contribution in [2.75, 3.05) is 24.2 Å². The second kappa shape index (κ2) is 9.25. The van der Waals surface area contributed by atoms with E-state index < -0.39 is 0 Å². The maximum atomic E-state index is 5.80. The average Bonchev–Trinajstić information content (AvgIpc) is 2.30. The van der Waals surface area contributed by atoms with E-state index in [9.17, 15) is 0 Å². The molecule has 0 spiro atoms. The fraction of sp³-hybridized carbons (Fsp3) is 0.692. The number of halogens is 2. The zero-order chi connectivity index (χ0) is 13.8. The lowest BCUT2D eigenvalue weighted by Crippen LogP contribution is -2.35. The summed E-state index contributed by atoms with van der Waals surface area (Å²) in [5, 5.41) is 3.21. The first-order valence-electron chi connectivity index (χ1n) is 6.80. The van der Waals surface area contributed by atoms with Crippen molar-refractivity contribution < 1.29 is 4.74 Å². The molecule has 0 unspecified atom stereocenters. The molecule has 0 aliphatic heterocycles. The van der Waals surface area contributed by atoms with Crippen molar-refractivity contribution in [2.45, 2.75) is 44.8 Å². The van der Waals surface area contributed by atoms with E-state index in [1.165, 1.54) is 0 Å². The van der Waals surface area contributed by atoms with E-state index in [2.05, 4.69) is 15.3 Å². The van der Waals surface area contributed by atoms with E-state index in [1.807, 2.05) is 19.9 Å². The molecule has 1 saturated carbocycles. The third kappa shape index (κ3) is 6.22. The number of nitrogens with one attached hydrogen (secondary N) is 1. The van der Waals surface area contributed by atoms with Gasteiger partial charge in [-0.3, -0.25) is 0 Å². The minimum Gasteiger partial charge on any atom is -0.377 e. The van der Waals surface area contributed by atoms with E-state index in [4.69, 9.17) is 16.2 Å². The van der Waals surface area contributed by atoms with Crippen LogP contribution in [0.1, 0.15) is 38.3 Å². The summed E-state index contributed by atoms with van der Waals surface area (Å²) in [4.78, 5) is 8.47. The minimum atomic E-state index is 0. The number of nitrogen functional groups attached to an aromatic ring is 1. The van der Waals surface area contributed by atoms with Gasteiger partial charge in [-0.15, -0.1) is 24.8 Å². The molecule has 1 heterocycles. The van der Waals surface area contributed by atoms with E-state index >= 15 is 0 Å². The Morgan fingerprint density at radius 1 is 1.33 bits per heavy atom. The van der Waals surface area contributed by atoms with Gasteiger partial charge in [0.1, 0.15) is 5.82 Å². The van der Waals surface area contributed by atoms with Gasteiger partial charge >= 0.3 is 0 Å². The predicted molar refractivity (Wildman–Crippen MR) is 90.5 cm³/mol. The number of nitrogens with zero attached hydrogens (tertiary/aromatic N) is 2. The second-order valence-electron chi connectivity index (χ2n) is 5.31. The molecule has 1 aliphatic rings. The molecule has 8 heteroatoms. The molecule has 0 atom stereocenters. The summed E-state index contributed by atoms with van der Waals surface area (Å²) >= 11 is 0. The van der Waals surface area contributed by atoms with Crippen LogP contribution in [0.2, 0.25) is 0 Å². The van der Waals surface area contributed by atoms with Gasteiger partial charge in [-0.2, -0.15) is 4.98 Å². The number of aromatic nitrogens is 2. The minimum absolute atomic E-state index is 0. The number of hydrogen-bond donors (Lipinski definition) is 3. The van der Waals surface area contributed by atoms with Crippen LogP contribution >= 0.6 is 24.8 Å². The first-order valence-corrected chi connectivity index (χ1v) is 6.80. The molecule has 0 bridgehead atoms. The quantitative estimate of drug-likeness (QED) is 0.686. The van der Waals surface area contributed by atoms with Crippen LogP contribution in [0.25, 0.3) is 0 Å². The highest BCUT2D eigenvalue weighted by Crippen LogP contribution is 2.35. The Morgan fingerprint density at radius 2 is 2.00 bits per heavy atom. The molecule has 1 aromatic rings. The van der Waals surface area contributed by atoms with Crippen LogP contribution in [0.5, 0.6) is 0 Å². The summed E-state index contributed by atoms with van der Waals surface area (Å²) < 4.78 is 5.46. The second-order valence-corrected chi connectivity index (χ2v) is 5.31. The molecule has 0 aromatic carbocycles. The Kier molecular flexibility index (Phi) is 8.89. The van der Waals surface area contributed by atoms with Gasteiger partial charge in [0, 0.05) is 24.6 Å². The topological polar surface area (TPSA) is 99.1 Å². The normalized spacial score (nSPS) is 20.2. The highest BCUT2D eigenvalue weighted by atomic mass is 35.5. The van der Waals surface area contributed by atoms with E-state index in [-0.39, 0.29) is 30.9 Å². The molecule has 6 nitrogen and oxygen atoms in total. The van der Waals surface area contributed by atoms with Gasteiger partial charge in [0.05, 0.1) is 18.4 Å². The van der Waals surface area contributed by atoms with Crippen molar-refractivity contribution in [1.82, 2.24) is 9.97 Å². The van der Waals surface area contributed by atoms with Crippen LogP contribution in [0.4, 0.5) is 11.8 Å². The molecule has 2 rings (SSSR count). The van der Waals surface area contributed by atoms with E-state index in [0.717, 1.165) is 24.4 Å². The Hall–Kier alpha value is -0.820. The molecule has 1 fully saturated rings. The Labute approximate surface area is 138 Å². The maximum Gasteiger partial charge on any atom is 0.222 e. The summed E-state index contributed by atoms with van der Waals surface area (Å²) in [5.41, 5.74) is 12.5. The van der Waals surface area contributed by atoms with Crippen molar-refractivity contribution >= 4 is 36.6 Å². The fourth-order valence-electron chi connectivity index (χ4n) is 2.16. The van der Waals surface area contributed by atoms with Crippen molar-refractivity contribution in [2.24, 2.45) is 5.73 Å². The van der Waals surface area contributed by atoms with Crippen molar-refractivity contribution in [3.8, 4) is 0 Å².